The number of carbonyl (C=O) groups excluding carboxylic acids is 4. The summed E-state index contributed by atoms with van der Waals surface area (Å²) in [5.41, 5.74) is 1.74. The van der Waals surface area contributed by atoms with Gasteiger partial charge in [0, 0.05) is 25.1 Å². The standard InChI is InChI=1S/C23H27N5O7/c1-6-20(30)25-18-12-19(35-16-9-7-15(8-10-16)24-14(3)29)13(2)11-17(18)26-21(27-22(31)33-4)28-23(32)34-5/h7-12H,6H2,1-5H3,(H,24,29)(H,25,30)(H2,26,27,28,31,32). The zero-order valence-electron chi connectivity index (χ0n) is 20.0. The summed E-state index contributed by atoms with van der Waals surface area (Å²) in [4.78, 5) is 50.9. The third kappa shape index (κ3) is 8.35. The smallest absolute Gasteiger partial charge is 0.413 e. The predicted molar refractivity (Wildman–Crippen MR) is 129 cm³/mol. The second kappa shape index (κ2) is 12.6. The molecular weight excluding hydrogens is 458 g/mol. The van der Waals surface area contributed by atoms with E-state index in [1.807, 2.05) is 0 Å². The molecule has 0 saturated heterocycles. The fourth-order valence-corrected chi connectivity index (χ4v) is 2.65. The number of guanidine groups is 1. The molecule has 12 nitrogen and oxygen atoms in total. The first-order valence-corrected chi connectivity index (χ1v) is 10.4. The van der Waals surface area contributed by atoms with E-state index in [4.69, 9.17) is 4.74 Å². The molecule has 0 aliphatic heterocycles. The van der Waals surface area contributed by atoms with Crippen molar-refractivity contribution in [2.45, 2.75) is 27.2 Å². The number of amides is 4. The van der Waals surface area contributed by atoms with Gasteiger partial charge in [-0.2, -0.15) is 0 Å². The van der Waals surface area contributed by atoms with E-state index < -0.39 is 12.2 Å². The van der Waals surface area contributed by atoms with Crippen molar-refractivity contribution < 1.29 is 33.4 Å². The summed E-state index contributed by atoms with van der Waals surface area (Å²) < 4.78 is 15.1. The van der Waals surface area contributed by atoms with E-state index in [0.717, 1.165) is 14.2 Å². The Morgan fingerprint density at radius 3 is 2.03 bits per heavy atom. The minimum absolute atomic E-state index is 0.190. The summed E-state index contributed by atoms with van der Waals surface area (Å²) in [6.45, 7) is 4.85. The van der Waals surface area contributed by atoms with Crippen LogP contribution < -0.4 is 26.0 Å². The van der Waals surface area contributed by atoms with Crippen LogP contribution in [0.3, 0.4) is 0 Å². The summed E-state index contributed by atoms with van der Waals surface area (Å²) in [6.07, 6.45) is -1.55. The molecule has 0 aliphatic carbocycles. The fourth-order valence-electron chi connectivity index (χ4n) is 2.65. The lowest BCUT2D eigenvalue weighted by molar-refractivity contribution is -0.116. The molecule has 0 fully saturated rings. The van der Waals surface area contributed by atoms with Crippen molar-refractivity contribution in [3.8, 4) is 11.5 Å². The molecule has 12 heteroatoms. The predicted octanol–water partition coefficient (Wildman–Crippen LogP) is 3.79. The van der Waals surface area contributed by atoms with Gasteiger partial charge in [-0.1, -0.05) is 6.92 Å². The number of rotatable bonds is 6. The number of hydrogen-bond acceptors (Lipinski definition) is 8. The Balaban J connectivity index is 2.45. The molecule has 0 saturated carbocycles. The van der Waals surface area contributed by atoms with E-state index in [1.165, 1.54) is 6.92 Å². The second-order valence-electron chi connectivity index (χ2n) is 7.04. The molecule has 2 aromatic rings. The molecule has 2 rings (SSSR count). The Morgan fingerprint density at radius 2 is 1.51 bits per heavy atom. The van der Waals surface area contributed by atoms with Crippen molar-refractivity contribution in [1.82, 2.24) is 10.6 Å². The Kier molecular flexibility index (Phi) is 9.58. The second-order valence-corrected chi connectivity index (χ2v) is 7.04. The number of nitrogens with zero attached hydrogens (tertiary/aromatic N) is 1. The van der Waals surface area contributed by atoms with Crippen LogP contribution in [-0.4, -0.2) is 44.2 Å². The van der Waals surface area contributed by atoms with E-state index in [2.05, 4.69) is 35.7 Å². The third-order valence-electron chi connectivity index (χ3n) is 4.33. The number of anilines is 2. The maximum atomic E-state index is 12.1. The largest absolute Gasteiger partial charge is 0.457 e. The summed E-state index contributed by atoms with van der Waals surface area (Å²) >= 11 is 0. The summed E-state index contributed by atoms with van der Waals surface area (Å²) in [5, 5.41) is 9.93. The molecule has 0 heterocycles. The van der Waals surface area contributed by atoms with Gasteiger partial charge in [-0.3, -0.25) is 20.2 Å². The molecule has 4 N–H and O–H groups in total. The van der Waals surface area contributed by atoms with E-state index in [-0.39, 0.29) is 35.6 Å². The lowest BCUT2D eigenvalue weighted by Gasteiger charge is -2.15. The number of aliphatic imine (C=N–C) groups is 1. The quantitative estimate of drug-likeness (QED) is 0.358. The molecule has 0 unspecified atom stereocenters. The van der Waals surface area contributed by atoms with Crippen LogP contribution in [0, 0.1) is 6.92 Å². The first-order valence-electron chi connectivity index (χ1n) is 10.4. The number of methoxy groups -OCH3 is 2. The zero-order chi connectivity index (χ0) is 26.0. The van der Waals surface area contributed by atoms with Gasteiger partial charge >= 0.3 is 12.2 Å². The fraction of sp³-hybridized carbons (Fsp3) is 0.261. The zero-order valence-corrected chi connectivity index (χ0v) is 20.0. The van der Waals surface area contributed by atoms with Crippen LogP contribution in [0.4, 0.5) is 26.7 Å². The van der Waals surface area contributed by atoms with Gasteiger partial charge < -0.3 is 24.8 Å². The molecular formula is C23H27N5O7. The normalized spacial score (nSPS) is 9.86. The van der Waals surface area contributed by atoms with E-state index in [1.54, 1.807) is 50.2 Å². The Hall–Kier alpha value is -4.61. The maximum Gasteiger partial charge on any atom is 0.413 e. The molecule has 0 atom stereocenters. The van der Waals surface area contributed by atoms with Crippen molar-refractivity contribution in [3.05, 3.63) is 42.0 Å². The van der Waals surface area contributed by atoms with Crippen molar-refractivity contribution in [2.24, 2.45) is 4.99 Å². The van der Waals surface area contributed by atoms with Gasteiger partial charge in [0.25, 0.3) is 0 Å². The molecule has 4 amide bonds. The maximum absolute atomic E-state index is 12.1. The number of carbonyl (C=O) groups is 4. The molecule has 0 aliphatic rings. The monoisotopic (exact) mass is 485 g/mol. The van der Waals surface area contributed by atoms with Crippen LogP contribution in [0.2, 0.25) is 0 Å². The van der Waals surface area contributed by atoms with Crippen LogP contribution in [-0.2, 0) is 19.1 Å². The minimum atomic E-state index is -0.876. The van der Waals surface area contributed by atoms with E-state index >= 15 is 0 Å². The average Bonchev–Trinajstić information content (AvgIpc) is 2.82. The number of alkyl carbamates (subject to hydrolysis) is 2. The van der Waals surface area contributed by atoms with Crippen LogP contribution in [0.25, 0.3) is 0 Å². The van der Waals surface area contributed by atoms with Gasteiger partial charge in [-0.25, -0.2) is 14.6 Å². The van der Waals surface area contributed by atoms with E-state index in [0.29, 0.717) is 22.7 Å². The molecule has 0 spiro atoms. The van der Waals surface area contributed by atoms with Gasteiger partial charge in [0.05, 0.1) is 25.6 Å². The molecule has 35 heavy (non-hydrogen) atoms. The molecule has 0 radical (unpaired) electrons. The number of ether oxygens (including phenoxy) is 3. The highest BCUT2D eigenvalue weighted by molar-refractivity contribution is 6.03. The first-order chi connectivity index (χ1) is 16.6. The average molecular weight is 485 g/mol. The third-order valence-corrected chi connectivity index (χ3v) is 4.33. The number of aryl methyl sites for hydroxylation is 1. The van der Waals surface area contributed by atoms with E-state index in [9.17, 15) is 19.2 Å². The van der Waals surface area contributed by atoms with Crippen molar-refractivity contribution in [1.29, 1.82) is 0 Å². The molecule has 0 bridgehead atoms. The van der Waals surface area contributed by atoms with Gasteiger partial charge in [-0.05, 0) is 42.8 Å². The lowest BCUT2D eigenvalue weighted by Crippen LogP contribution is -2.43. The first kappa shape index (κ1) is 26.6. The number of nitrogens with one attached hydrogen (secondary N) is 4. The summed E-state index contributed by atoms with van der Waals surface area (Å²) in [7, 11) is 2.30. The summed E-state index contributed by atoms with van der Waals surface area (Å²) in [5.74, 6) is 0.152. The number of hydrogen-bond donors (Lipinski definition) is 4. The topological polar surface area (TPSA) is 156 Å². The van der Waals surface area contributed by atoms with Gasteiger partial charge in [-0.15, -0.1) is 0 Å². The van der Waals surface area contributed by atoms with Crippen molar-refractivity contribution in [2.75, 3.05) is 24.9 Å². The highest BCUT2D eigenvalue weighted by atomic mass is 16.5. The Morgan fingerprint density at radius 1 is 0.914 bits per heavy atom. The SMILES string of the molecule is CCC(=O)Nc1cc(Oc2ccc(NC(C)=O)cc2)c(C)cc1N=C(NC(=O)OC)NC(=O)OC. The van der Waals surface area contributed by atoms with Crippen LogP contribution >= 0.6 is 0 Å². The highest BCUT2D eigenvalue weighted by Gasteiger charge is 2.15. The van der Waals surface area contributed by atoms with Crippen LogP contribution in [0.15, 0.2) is 41.4 Å². The highest BCUT2D eigenvalue weighted by Crippen LogP contribution is 2.35. The molecule has 2 aromatic carbocycles. The summed E-state index contributed by atoms with van der Waals surface area (Å²) in [6, 6.07) is 9.91. The lowest BCUT2D eigenvalue weighted by atomic mass is 10.1. The van der Waals surface area contributed by atoms with Gasteiger partial charge in [0.2, 0.25) is 17.8 Å². The van der Waals surface area contributed by atoms with Crippen molar-refractivity contribution >= 4 is 47.0 Å². The van der Waals surface area contributed by atoms with Crippen molar-refractivity contribution in [3.63, 3.8) is 0 Å². The Labute approximate surface area is 202 Å². The molecule has 0 aromatic heterocycles. The van der Waals surface area contributed by atoms with Crippen LogP contribution in [0.5, 0.6) is 11.5 Å². The molecule has 186 valence electrons. The number of benzene rings is 2. The Bertz CT molecular complexity index is 1110. The van der Waals surface area contributed by atoms with Crippen LogP contribution in [0.1, 0.15) is 25.8 Å². The minimum Gasteiger partial charge on any atom is -0.457 e. The van der Waals surface area contributed by atoms with Gasteiger partial charge in [0.15, 0.2) is 0 Å². The van der Waals surface area contributed by atoms with Gasteiger partial charge in [0.1, 0.15) is 11.5 Å².